The molecule has 0 aromatic rings. The zero-order chi connectivity index (χ0) is 15.4. The fraction of sp³-hybridized carbons (Fsp3) is 0.889. The largest absolute Gasteiger partial charge is 0.337 e. The Kier molecular flexibility index (Phi) is 11.3. The molecule has 0 fully saturated rings. The SMILES string of the molecule is [CH2-]C(C)(C)C(C)(C)CC.[CH2-]C(C)(C)C(C)(C)CC.[Y]. The Morgan fingerprint density at radius 3 is 0.737 bits per heavy atom. The third-order valence-electron chi connectivity index (χ3n) is 5.43. The topological polar surface area (TPSA) is 0 Å². The average molecular weight is 343 g/mol. The summed E-state index contributed by atoms with van der Waals surface area (Å²) in [4.78, 5) is 0. The van der Waals surface area contributed by atoms with Gasteiger partial charge in [-0.05, 0) is 0 Å². The van der Waals surface area contributed by atoms with Crippen molar-refractivity contribution >= 4 is 0 Å². The van der Waals surface area contributed by atoms with E-state index in [-0.39, 0.29) is 43.5 Å². The maximum Gasteiger partial charge on any atom is 0 e. The molecule has 115 valence electrons. The first-order valence-corrected chi connectivity index (χ1v) is 7.33. The summed E-state index contributed by atoms with van der Waals surface area (Å²) in [6, 6.07) is 0. The van der Waals surface area contributed by atoms with E-state index >= 15 is 0 Å². The first-order valence-electron chi connectivity index (χ1n) is 7.33. The minimum Gasteiger partial charge on any atom is -0.337 e. The molecular formula is C18H38Y-2. The predicted molar refractivity (Wildman–Crippen MR) is 86.4 cm³/mol. The van der Waals surface area contributed by atoms with Crippen LogP contribution in [0.25, 0.3) is 0 Å². The van der Waals surface area contributed by atoms with Gasteiger partial charge in [0.25, 0.3) is 0 Å². The molecule has 0 spiro atoms. The first kappa shape index (κ1) is 25.1. The van der Waals surface area contributed by atoms with Crippen LogP contribution < -0.4 is 0 Å². The van der Waals surface area contributed by atoms with Crippen LogP contribution in [0.1, 0.15) is 82.1 Å². The molecule has 0 heterocycles. The van der Waals surface area contributed by atoms with Gasteiger partial charge in [0, 0.05) is 32.7 Å². The Labute approximate surface area is 149 Å². The zero-order valence-corrected chi connectivity index (χ0v) is 18.2. The van der Waals surface area contributed by atoms with Gasteiger partial charge in [0.15, 0.2) is 0 Å². The number of rotatable bonds is 4. The third kappa shape index (κ3) is 8.87. The summed E-state index contributed by atoms with van der Waals surface area (Å²) in [5.41, 5.74) is 1.13. The van der Waals surface area contributed by atoms with Crippen LogP contribution in [0.3, 0.4) is 0 Å². The van der Waals surface area contributed by atoms with Crippen molar-refractivity contribution in [2.24, 2.45) is 21.7 Å². The summed E-state index contributed by atoms with van der Waals surface area (Å²) in [5.74, 6) is 0. The number of hydrogen-bond donors (Lipinski definition) is 0. The van der Waals surface area contributed by atoms with E-state index in [1.165, 1.54) is 12.8 Å². The Balaban J connectivity index is -0.000000256. The van der Waals surface area contributed by atoms with Crippen LogP contribution in [0, 0.1) is 35.5 Å². The van der Waals surface area contributed by atoms with Gasteiger partial charge in [-0.3, -0.25) is 0 Å². The van der Waals surface area contributed by atoms with E-state index in [1.54, 1.807) is 0 Å². The Hall–Kier alpha value is 1.10. The fourth-order valence-corrected chi connectivity index (χ4v) is 0.957. The smallest absolute Gasteiger partial charge is 0 e. The van der Waals surface area contributed by atoms with Crippen LogP contribution in [0.5, 0.6) is 0 Å². The maximum absolute atomic E-state index is 4.11. The van der Waals surface area contributed by atoms with E-state index < -0.39 is 0 Å². The quantitative estimate of drug-likeness (QED) is 0.507. The zero-order valence-electron chi connectivity index (χ0n) is 15.4. The van der Waals surface area contributed by atoms with E-state index in [2.05, 4.69) is 83.1 Å². The predicted octanol–water partition coefficient (Wildman–Crippen LogP) is 6.56. The van der Waals surface area contributed by atoms with Gasteiger partial charge in [-0.2, -0.15) is 10.8 Å². The second-order valence-corrected chi connectivity index (χ2v) is 8.24. The van der Waals surface area contributed by atoms with Gasteiger partial charge >= 0.3 is 0 Å². The van der Waals surface area contributed by atoms with Crippen LogP contribution in [-0.2, 0) is 32.7 Å². The summed E-state index contributed by atoms with van der Waals surface area (Å²) >= 11 is 0. The second kappa shape index (κ2) is 8.52. The van der Waals surface area contributed by atoms with E-state index in [1.807, 2.05) is 0 Å². The van der Waals surface area contributed by atoms with Crippen molar-refractivity contribution in [2.75, 3.05) is 0 Å². The van der Waals surface area contributed by atoms with Crippen LogP contribution >= 0.6 is 0 Å². The minimum absolute atomic E-state index is 0. The van der Waals surface area contributed by atoms with Gasteiger partial charge in [0.1, 0.15) is 0 Å². The van der Waals surface area contributed by atoms with Crippen LogP contribution in [0.15, 0.2) is 0 Å². The van der Waals surface area contributed by atoms with Gasteiger partial charge < -0.3 is 13.8 Å². The molecule has 0 aliphatic heterocycles. The minimum atomic E-state index is 0. The number of hydrogen-bond acceptors (Lipinski definition) is 0. The molecule has 0 saturated heterocycles. The first-order chi connectivity index (χ1) is 7.62. The molecular weight excluding hydrogens is 305 g/mol. The van der Waals surface area contributed by atoms with Gasteiger partial charge in [-0.25, -0.2) is 0 Å². The Morgan fingerprint density at radius 2 is 0.737 bits per heavy atom. The van der Waals surface area contributed by atoms with Crippen molar-refractivity contribution in [1.82, 2.24) is 0 Å². The fourth-order valence-electron chi connectivity index (χ4n) is 0.957. The molecule has 0 bridgehead atoms. The average Bonchev–Trinajstić information content (AvgIpc) is 2.15. The third-order valence-corrected chi connectivity index (χ3v) is 5.43. The van der Waals surface area contributed by atoms with Crippen molar-refractivity contribution in [2.45, 2.75) is 82.1 Å². The van der Waals surface area contributed by atoms with Crippen LogP contribution in [-0.4, -0.2) is 0 Å². The molecule has 0 amide bonds. The molecule has 0 aromatic heterocycles. The van der Waals surface area contributed by atoms with Crippen molar-refractivity contribution < 1.29 is 32.7 Å². The van der Waals surface area contributed by atoms with Crippen LogP contribution in [0.4, 0.5) is 0 Å². The molecule has 19 heavy (non-hydrogen) atoms. The van der Waals surface area contributed by atoms with Gasteiger partial charge in [0.2, 0.25) is 0 Å². The Morgan fingerprint density at radius 1 is 0.579 bits per heavy atom. The maximum atomic E-state index is 4.11. The molecule has 0 rings (SSSR count). The Bertz CT molecular complexity index is 197. The summed E-state index contributed by atoms with van der Waals surface area (Å²) in [6.45, 7) is 30.5. The molecule has 0 N–H and O–H groups in total. The van der Waals surface area contributed by atoms with Crippen molar-refractivity contribution in [1.29, 1.82) is 0 Å². The van der Waals surface area contributed by atoms with Crippen molar-refractivity contribution in [3.8, 4) is 0 Å². The molecule has 0 nitrogen and oxygen atoms in total. The van der Waals surface area contributed by atoms with Crippen LogP contribution in [0.2, 0.25) is 0 Å². The summed E-state index contributed by atoms with van der Waals surface area (Å²) in [6.07, 6.45) is 2.40. The molecule has 0 aliphatic rings. The summed E-state index contributed by atoms with van der Waals surface area (Å²) in [5, 5.41) is 0. The molecule has 1 radical (unpaired) electrons. The monoisotopic (exact) mass is 343 g/mol. The molecule has 0 unspecified atom stereocenters. The van der Waals surface area contributed by atoms with Gasteiger partial charge in [-0.15, -0.1) is 0 Å². The summed E-state index contributed by atoms with van der Waals surface area (Å²) in [7, 11) is 0. The molecule has 0 aliphatic carbocycles. The molecule has 0 saturated carbocycles. The normalized spacial score (nSPS) is 13.3. The van der Waals surface area contributed by atoms with Gasteiger partial charge in [0.05, 0.1) is 0 Å². The van der Waals surface area contributed by atoms with E-state index in [0.717, 1.165) is 0 Å². The second-order valence-electron chi connectivity index (χ2n) is 8.24. The molecule has 0 aromatic carbocycles. The van der Waals surface area contributed by atoms with Gasteiger partial charge in [-0.1, -0.05) is 92.9 Å². The summed E-state index contributed by atoms with van der Waals surface area (Å²) < 4.78 is 0. The van der Waals surface area contributed by atoms with Crippen molar-refractivity contribution in [3.63, 3.8) is 0 Å². The van der Waals surface area contributed by atoms with E-state index in [4.69, 9.17) is 0 Å². The molecule has 0 atom stereocenters. The van der Waals surface area contributed by atoms with E-state index in [0.29, 0.717) is 10.8 Å². The standard InChI is InChI=1S/2C9H19.Y/c2*1-7-9(5,6)8(2,3)4;/h2*2,7H2,1,3-6H3;/q2*-1;. The van der Waals surface area contributed by atoms with E-state index in [9.17, 15) is 0 Å². The van der Waals surface area contributed by atoms with Crippen molar-refractivity contribution in [3.05, 3.63) is 13.8 Å². The molecule has 1 heteroatoms.